The van der Waals surface area contributed by atoms with Gasteiger partial charge in [-0.05, 0) is 58.9 Å². The van der Waals surface area contributed by atoms with Gasteiger partial charge in [-0.2, -0.15) is 0 Å². The van der Waals surface area contributed by atoms with Gasteiger partial charge in [0.15, 0.2) is 0 Å². The fraction of sp³-hybridized carbons (Fsp3) is 0.857. The molecule has 9 heteroatoms. The molecule has 4 saturated heterocycles. The van der Waals surface area contributed by atoms with Crippen LogP contribution in [0.1, 0.15) is 46.5 Å². The number of amides is 2. The Labute approximate surface area is 221 Å². The van der Waals surface area contributed by atoms with Crippen LogP contribution in [0.5, 0.6) is 0 Å². The number of likely N-dealkylation sites (tertiary alicyclic amines) is 2. The Balaban J connectivity index is 1.09. The lowest BCUT2D eigenvalue weighted by atomic mass is 9.68. The number of methoxy groups -OCH3 is 1. The van der Waals surface area contributed by atoms with Crippen molar-refractivity contribution in [1.29, 1.82) is 0 Å². The molecule has 0 bridgehead atoms. The Morgan fingerprint density at radius 3 is 2.46 bits per heavy atom. The largest absolute Gasteiger partial charge is 0.443 e. The first-order valence-corrected chi connectivity index (χ1v) is 13.9. The number of ether oxygens (including phenoxy) is 4. The van der Waals surface area contributed by atoms with Crippen molar-refractivity contribution in [3.8, 4) is 0 Å². The van der Waals surface area contributed by atoms with E-state index in [1.54, 1.807) is 12.0 Å². The molecule has 0 radical (unpaired) electrons. The normalized spacial score (nSPS) is 37.5. The Morgan fingerprint density at radius 1 is 1.16 bits per heavy atom. The second-order valence-electron chi connectivity index (χ2n) is 12.5. The summed E-state index contributed by atoms with van der Waals surface area (Å²) in [4.78, 5) is 30.8. The molecule has 0 N–H and O–H groups in total. The van der Waals surface area contributed by atoms with Gasteiger partial charge in [0.25, 0.3) is 0 Å². The number of carbonyl (C=O) groups is 2. The van der Waals surface area contributed by atoms with Crippen LogP contribution in [0.4, 0.5) is 4.79 Å². The smallest absolute Gasteiger partial charge is 0.410 e. The summed E-state index contributed by atoms with van der Waals surface area (Å²) in [5.41, 5.74) is 0.742. The minimum Gasteiger partial charge on any atom is -0.443 e. The van der Waals surface area contributed by atoms with Crippen LogP contribution in [0.3, 0.4) is 0 Å². The average Bonchev–Trinajstić information content (AvgIpc) is 3.70. The van der Waals surface area contributed by atoms with Gasteiger partial charge in [0, 0.05) is 47.4 Å². The summed E-state index contributed by atoms with van der Waals surface area (Å²) in [5, 5.41) is 0. The summed E-state index contributed by atoms with van der Waals surface area (Å²) < 4.78 is 24.3. The van der Waals surface area contributed by atoms with Gasteiger partial charge in [-0.1, -0.05) is 11.6 Å². The maximum atomic E-state index is 13.0. The highest BCUT2D eigenvalue weighted by Crippen LogP contribution is 2.59. The second kappa shape index (κ2) is 10.1. The molecule has 1 saturated carbocycles. The number of carbonyl (C=O) groups excluding carboxylic acids is 2. The SMILES string of the molecule is COC1C(OC(=O)N2CC(CCN3CC(C(=O)N(C)C)C3)C2)CCC2(CO2)C1[C@@]1(C)O[C@@H]1CC=C(C)C. The number of nitrogens with zero attached hydrogens (tertiary/aromatic N) is 3. The van der Waals surface area contributed by atoms with Gasteiger partial charge < -0.3 is 33.6 Å². The molecule has 0 aromatic rings. The fourth-order valence-corrected chi connectivity index (χ4v) is 6.81. The molecule has 9 nitrogen and oxygen atoms in total. The van der Waals surface area contributed by atoms with Gasteiger partial charge in [0.05, 0.1) is 24.5 Å². The van der Waals surface area contributed by atoms with E-state index in [9.17, 15) is 9.59 Å². The number of hydrogen-bond acceptors (Lipinski definition) is 7. The van der Waals surface area contributed by atoms with Gasteiger partial charge >= 0.3 is 6.09 Å². The maximum absolute atomic E-state index is 13.0. The highest BCUT2D eigenvalue weighted by atomic mass is 16.6. The fourth-order valence-electron chi connectivity index (χ4n) is 6.81. The highest BCUT2D eigenvalue weighted by molar-refractivity contribution is 5.79. The van der Waals surface area contributed by atoms with E-state index in [0.29, 0.717) is 5.92 Å². The number of rotatable bonds is 9. The van der Waals surface area contributed by atoms with Gasteiger partial charge in [0.2, 0.25) is 5.91 Å². The summed E-state index contributed by atoms with van der Waals surface area (Å²) in [6.07, 6.45) is 5.11. The predicted octanol–water partition coefficient (Wildman–Crippen LogP) is 2.54. The van der Waals surface area contributed by atoms with Gasteiger partial charge in [-0.25, -0.2) is 4.79 Å². The van der Waals surface area contributed by atoms with Crippen LogP contribution in [-0.2, 0) is 23.7 Å². The molecule has 4 heterocycles. The zero-order valence-corrected chi connectivity index (χ0v) is 23.4. The first kappa shape index (κ1) is 26.9. The first-order valence-electron chi connectivity index (χ1n) is 13.9. The monoisotopic (exact) mass is 519 g/mol. The molecule has 4 aliphatic heterocycles. The average molecular weight is 520 g/mol. The summed E-state index contributed by atoms with van der Waals surface area (Å²) in [6.45, 7) is 11.2. The molecule has 1 spiro atoms. The van der Waals surface area contributed by atoms with Crippen LogP contribution >= 0.6 is 0 Å². The lowest BCUT2D eigenvalue weighted by molar-refractivity contribution is -0.138. The predicted molar refractivity (Wildman–Crippen MR) is 138 cm³/mol. The molecule has 2 amide bonds. The van der Waals surface area contributed by atoms with Crippen molar-refractivity contribution < 1.29 is 28.5 Å². The molecule has 6 atom stereocenters. The van der Waals surface area contributed by atoms with Gasteiger partial charge in [-0.3, -0.25) is 4.79 Å². The molecule has 0 aromatic carbocycles. The molecule has 1 aliphatic carbocycles. The first-order chi connectivity index (χ1) is 17.6. The highest BCUT2D eigenvalue weighted by Gasteiger charge is 2.72. The van der Waals surface area contributed by atoms with Gasteiger partial charge in [0.1, 0.15) is 23.4 Å². The molecule has 208 valence electrons. The van der Waals surface area contributed by atoms with Crippen LogP contribution in [-0.4, -0.2) is 117 Å². The third kappa shape index (κ3) is 5.29. The maximum Gasteiger partial charge on any atom is 0.410 e. The summed E-state index contributed by atoms with van der Waals surface area (Å²) >= 11 is 0. The van der Waals surface area contributed by atoms with Crippen molar-refractivity contribution in [2.24, 2.45) is 17.8 Å². The van der Waals surface area contributed by atoms with E-state index in [1.807, 2.05) is 19.0 Å². The van der Waals surface area contributed by atoms with E-state index in [2.05, 4.69) is 31.7 Å². The zero-order chi connectivity index (χ0) is 26.5. The third-order valence-corrected chi connectivity index (χ3v) is 9.31. The molecule has 5 aliphatic rings. The van der Waals surface area contributed by atoms with E-state index in [4.69, 9.17) is 18.9 Å². The number of hydrogen-bond donors (Lipinski definition) is 0. The van der Waals surface area contributed by atoms with E-state index < -0.39 is 0 Å². The van der Waals surface area contributed by atoms with E-state index in [-0.39, 0.29) is 53.4 Å². The Hall–Kier alpha value is -1.68. The number of allylic oxidation sites excluding steroid dienone is 1. The summed E-state index contributed by atoms with van der Waals surface area (Å²) in [6, 6.07) is 0. The molecular formula is C28H45N3O6. The second-order valence-corrected chi connectivity index (χ2v) is 12.5. The minimum absolute atomic E-state index is 0.0379. The van der Waals surface area contributed by atoms with Crippen LogP contribution in [0.2, 0.25) is 0 Å². The molecule has 37 heavy (non-hydrogen) atoms. The van der Waals surface area contributed by atoms with Gasteiger partial charge in [-0.15, -0.1) is 0 Å². The Bertz CT molecular complexity index is 904. The molecule has 5 rings (SSSR count). The lowest BCUT2D eigenvalue weighted by Crippen LogP contribution is -2.58. The Morgan fingerprint density at radius 2 is 1.86 bits per heavy atom. The van der Waals surface area contributed by atoms with Crippen molar-refractivity contribution in [2.45, 2.75) is 76.0 Å². The van der Waals surface area contributed by atoms with E-state index in [1.165, 1.54) is 5.57 Å². The van der Waals surface area contributed by atoms with Crippen LogP contribution < -0.4 is 0 Å². The van der Waals surface area contributed by atoms with E-state index >= 15 is 0 Å². The van der Waals surface area contributed by atoms with Crippen molar-refractivity contribution in [2.75, 3.05) is 60.5 Å². The molecule has 0 aromatic heterocycles. The third-order valence-electron chi connectivity index (χ3n) is 9.31. The van der Waals surface area contributed by atoms with Crippen LogP contribution in [0.25, 0.3) is 0 Å². The topological polar surface area (TPSA) is 87.4 Å². The number of epoxide rings is 2. The molecule has 4 unspecified atom stereocenters. The van der Waals surface area contributed by atoms with Crippen LogP contribution in [0.15, 0.2) is 11.6 Å². The lowest BCUT2D eigenvalue weighted by Gasteiger charge is -2.45. The summed E-state index contributed by atoms with van der Waals surface area (Å²) in [5.74, 6) is 0.891. The van der Waals surface area contributed by atoms with Crippen molar-refractivity contribution in [1.82, 2.24) is 14.7 Å². The van der Waals surface area contributed by atoms with E-state index in [0.717, 1.165) is 65.0 Å². The van der Waals surface area contributed by atoms with Crippen molar-refractivity contribution in [3.05, 3.63) is 11.6 Å². The Kier molecular flexibility index (Phi) is 7.37. The quantitative estimate of drug-likeness (QED) is 0.342. The summed E-state index contributed by atoms with van der Waals surface area (Å²) in [7, 11) is 5.34. The molecule has 5 fully saturated rings. The standard InChI is InChI=1S/C28H45N3O6/c1-18(2)7-8-22-27(3,37-22)24-23(34-6)21(9-11-28(24)17-35-28)36-26(33)31-13-19(14-31)10-12-30-15-20(16-30)25(32)29(4)5/h7,19-24H,8-17H2,1-6H3/t21?,22-,23?,24?,27+,28?/m1/s1. The zero-order valence-electron chi connectivity index (χ0n) is 23.4. The molecular weight excluding hydrogens is 474 g/mol. The van der Waals surface area contributed by atoms with Crippen molar-refractivity contribution in [3.63, 3.8) is 0 Å². The minimum atomic E-state index is -0.330. The van der Waals surface area contributed by atoms with Crippen molar-refractivity contribution >= 4 is 12.0 Å². The van der Waals surface area contributed by atoms with Crippen LogP contribution in [0, 0.1) is 17.8 Å².